The highest BCUT2D eigenvalue weighted by molar-refractivity contribution is 9.11. The maximum Gasteiger partial charge on any atom is 0.339 e. The molecule has 0 radical (unpaired) electrons. The third-order valence-corrected chi connectivity index (χ3v) is 4.67. The molecule has 0 saturated heterocycles. The average Bonchev–Trinajstić information content (AvgIpc) is 2.89. The fraction of sp³-hybridized carbons (Fsp3) is 0.0625. The highest BCUT2D eigenvalue weighted by Gasteiger charge is 2.13. The first-order valence-electron chi connectivity index (χ1n) is 6.26. The number of carbonyl (C=O) groups is 1. The summed E-state index contributed by atoms with van der Waals surface area (Å²) in [6, 6.07) is 15.0. The first-order valence-corrected chi connectivity index (χ1v) is 7.87. The van der Waals surface area contributed by atoms with Crippen LogP contribution in [0, 0.1) is 0 Å². The second kappa shape index (κ2) is 5.87. The van der Waals surface area contributed by atoms with E-state index >= 15 is 0 Å². The van der Waals surface area contributed by atoms with E-state index in [0.29, 0.717) is 12.4 Å². The van der Waals surface area contributed by atoms with Gasteiger partial charge >= 0.3 is 5.97 Å². The zero-order valence-corrected chi connectivity index (χ0v) is 13.3. The van der Waals surface area contributed by atoms with Crippen molar-refractivity contribution in [1.29, 1.82) is 0 Å². The van der Waals surface area contributed by atoms with E-state index in [1.165, 1.54) is 0 Å². The molecule has 0 atom stereocenters. The zero-order valence-electron chi connectivity index (χ0n) is 10.9. The Morgan fingerprint density at radius 1 is 1.14 bits per heavy atom. The van der Waals surface area contributed by atoms with Gasteiger partial charge in [0.1, 0.15) is 17.9 Å². The topological polar surface area (TPSA) is 46.5 Å². The molecule has 5 heteroatoms. The normalized spacial score (nSPS) is 10.7. The van der Waals surface area contributed by atoms with Gasteiger partial charge in [0.15, 0.2) is 0 Å². The third kappa shape index (κ3) is 3.09. The number of thiophene rings is 1. The molecule has 3 rings (SSSR count). The Hall–Kier alpha value is -1.85. The molecule has 0 fully saturated rings. The van der Waals surface area contributed by atoms with E-state index in [1.54, 1.807) is 23.5 Å². The van der Waals surface area contributed by atoms with Crippen molar-refractivity contribution >= 4 is 44.0 Å². The number of carboxylic acid groups (broad SMARTS) is 1. The van der Waals surface area contributed by atoms with Gasteiger partial charge in [0.05, 0.1) is 3.79 Å². The lowest BCUT2D eigenvalue weighted by molar-refractivity contribution is 0.0692. The van der Waals surface area contributed by atoms with Gasteiger partial charge in [0.2, 0.25) is 0 Å². The van der Waals surface area contributed by atoms with Crippen LogP contribution in [0.15, 0.2) is 52.3 Å². The van der Waals surface area contributed by atoms with Crippen LogP contribution in [0.1, 0.15) is 15.2 Å². The van der Waals surface area contributed by atoms with Crippen molar-refractivity contribution in [2.45, 2.75) is 6.61 Å². The van der Waals surface area contributed by atoms with Crippen molar-refractivity contribution in [3.63, 3.8) is 0 Å². The van der Waals surface area contributed by atoms with E-state index in [1.807, 2.05) is 36.4 Å². The molecule has 0 aliphatic rings. The molecule has 1 heterocycles. The van der Waals surface area contributed by atoms with Crippen LogP contribution < -0.4 is 4.74 Å². The first-order chi connectivity index (χ1) is 10.1. The van der Waals surface area contributed by atoms with E-state index in [4.69, 9.17) is 4.74 Å². The summed E-state index contributed by atoms with van der Waals surface area (Å²) in [5, 5.41) is 11.2. The van der Waals surface area contributed by atoms with Gasteiger partial charge in [-0.2, -0.15) is 0 Å². The molecule has 0 saturated carbocycles. The highest BCUT2D eigenvalue weighted by atomic mass is 79.9. The minimum Gasteiger partial charge on any atom is -0.487 e. The predicted molar refractivity (Wildman–Crippen MR) is 87.3 cm³/mol. The maximum atomic E-state index is 11.4. The van der Waals surface area contributed by atoms with Gasteiger partial charge in [-0.25, -0.2) is 4.79 Å². The highest BCUT2D eigenvalue weighted by Crippen LogP contribution is 2.28. The molecule has 0 aliphatic heterocycles. The molecule has 3 aromatic rings. The van der Waals surface area contributed by atoms with Gasteiger partial charge in [-0.15, -0.1) is 11.3 Å². The number of halogens is 1. The lowest BCUT2D eigenvalue weighted by Gasteiger charge is -2.10. The Morgan fingerprint density at radius 2 is 1.86 bits per heavy atom. The van der Waals surface area contributed by atoms with Crippen LogP contribution in [0.2, 0.25) is 0 Å². The van der Waals surface area contributed by atoms with Gasteiger partial charge in [0, 0.05) is 4.88 Å². The monoisotopic (exact) mass is 362 g/mol. The predicted octanol–water partition coefficient (Wildman–Crippen LogP) is 4.94. The molecule has 0 spiro atoms. The summed E-state index contributed by atoms with van der Waals surface area (Å²) < 4.78 is 6.74. The SMILES string of the molecule is O=C(O)c1cc2ccccc2cc1OCc1ccc(Br)s1. The van der Waals surface area contributed by atoms with Crippen LogP contribution in [0.25, 0.3) is 10.8 Å². The smallest absolute Gasteiger partial charge is 0.339 e. The quantitative estimate of drug-likeness (QED) is 0.714. The molecule has 0 amide bonds. The standard InChI is InChI=1S/C16H11BrO3S/c17-15-6-5-12(21-15)9-20-14-8-11-4-2-1-3-10(11)7-13(14)16(18)19/h1-8H,9H2,(H,18,19). The van der Waals surface area contributed by atoms with Gasteiger partial charge in [-0.3, -0.25) is 0 Å². The van der Waals surface area contributed by atoms with E-state index in [0.717, 1.165) is 19.4 Å². The van der Waals surface area contributed by atoms with Crippen molar-refractivity contribution in [3.05, 3.63) is 62.8 Å². The zero-order chi connectivity index (χ0) is 14.8. The number of aromatic carboxylic acids is 1. The lowest BCUT2D eigenvalue weighted by atomic mass is 10.1. The summed E-state index contributed by atoms with van der Waals surface area (Å²) in [6.07, 6.45) is 0. The Morgan fingerprint density at radius 3 is 2.48 bits per heavy atom. The van der Waals surface area contributed by atoms with Gasteiger partial charge in [-0.1, -0.05) is 24.3 Å². The number of benzene rings is 2. The second-order valence-corrected chi connectivity index (χ2v) is 7.04. The van der Waals surface area contributed by atoms with Crippen molar-refractivity contribution < 1.29 is 14.6 Å². The summed E-state index contributed by atoms with van der Waals surface area (Å²) in [4.78, 5) is 12.4. The minimum absolute atomic E-state index is 0.185. The minimum atomic E-state index is -0.983. The Balaban J connectivity index is 1.95. The molecule has 106 valence electrons. The van der Waals surface area contributed by atoms with Crippen LogP contribution in [0.5, 0.6) is 5.75 Å². The van der Waals surface area contributed by atoms with Crippen LogP contribution >= 0.6 is 27.3 Å². The summed E-state index contributed by atoms with van der Waals surface area (Å²) >= 11 is 4.97. The summed E-state index contributed by atoms with van der Waals surface area (Å²) in [5.74, 6) is -0.589. The Kier molecular flexibility index (Phi) is 3.94. The van der Waals surface area contributed by atoms with Crippen molar-refractivity contribution in [2.24, 2.45) is 0 Å². The fourth-order valence-corrected chi connectivity index (χ4v) is 3.48. The third-order valence-electron chi connectivity index (χ3n) is 3.08. The molecular formula is C16H11BrO3S. The van der Waals surface area contributed by atoms with Crippen molar-refractivity contribution in [1.82, 2.24) is 0 Å². The van der Waals surface area contributed by atoms with E-state index in [2.05, 4.69) is 15.9 Å². The molecule has 0 unspecified atom stereocenters. The molecule has 2 aromatic carbocycles. The number of hydrogen-bond donors (Lipinski definition) is 1. The summed E-state index contributed by atoms with van der Waals surface area (Å²) in [5.41, 5.74) is 0.185. The van der Waals surface area contributed by atoms with Gasteiger partial charge < -0.3 is 9.84 Å². The number of hydrogen-bond acceptors (Lipinski definition) is 3. The molecular weight excluding hydrogens is 352 g/mol. The van der Waals surface area contributed by atoms with Crippen LogP contribution in [0.3, 0.4) is 0 Å². The molecule has 0 bridgehead atoms. The fourth-order valence-electron chi connectivity index (χ4n) is 2.08. The van der Waals surface area contributed by atoms with E-state index < -0.39 is 5.97 Å². The van der Waals surface area contributed by atoms with Crippen LogP contribution in [0.4, 0.5) is 0 Å². The van der Waals surface area contributed by atoms with Gasteiger partial charge in [-0.05, 0) is 51.0 Å². The molecule has 1 aromatic heterocycles. The van der Waals surface area contributed by atoms with E-state index in [9.17, 15) is 9.90 Å². The van der Waals surface area contributed by atoms with Crippen LogP contribution in [-0.2, 0) is 6.61 Å². The van der Waals surface area contributed by atoms with Gasteiger partial charge in [0.25, 0.3) is 0 Å². The summed E-state index contributed by atoms with van der Waals surface area (Å²) in [6.45, 7) is 0.356. The average molecular weight is 363 g/mol. The number of rotatable bonds is 4. The molecule has 3 nitrogen and oxygen atoms in total. The first kappa shape index (κ1) is 14.1. The largest absolute Gasteiger partial charge is 0.487 e. The van der Waals surface area contributed by atoms with Crippen molar-refractivity contribution in [3.8, 4) is 5.75 Å². The molecule has 1 N–H and O–H groups in total. The Bertz CT molecular complexity index is 810. The van der Waals surface area contributed by atoms with Crippen molar-refractivity contribution in [2.75, 3.05) is 0 Å². The molecule has 0 aliphatic carbocycles. The maximum absolute atomic E-state index is 11.4. The molecule has 21 heavy (non-hydrogen) atoms. The Labute approximate surface area is 133 Å². The lowest BCUT2D eigenvalue weighted by Crippen LogP contribution is -2.03. The summed E-state index contributed by atoms with van der Waals surface area (Å²) in [7, 11) is 0. The second-order valence-electron chi connectivity index (χ2n) is 4.50. The number of carboxylic acids is 1. The number of ether oxygens (including phenoxy) is 1. The van der Waals surface area contributed by atoms with Crippen LogP contribution in [-0.4, -0.2) is 11.1 Å². The number of fused-ring (bicyclic) bond motifs is 1. The van der Waals surface area contributed by atoms with E-state index in [-0.39, 0.29) is 5.56 Å².